The first kappa shape index (κ1) is 14.4. The molecule has 0 bridgehead atoms. The predicted octanol–water partition coefficient (Wildman–Crippen LogP) is 5.35. The second-order valence-electron chi connectivity index (χ2n) is 2.96. The fraction of sp³-hybridized carbons (Fsp3) is 1.00. The molecule has 74 valence electrons. The largest absolute Gasteiger partial charge is 0.266 e. The Labute approximate surface area is 108 Å². The average Bonchev–Trinajstić information content (AvgIpc) is 1.86. The number of hydrogen-bond donors (Lipinski definition) is 0. The van der Waals surface area contributed by atoms with Crippen LogP contribution in [0.2, 0.25) is 12.1 Å². The number of hydrogen-bond acceptors (Lipinski definition) is 0. The molecule has 0 nitrogen and oxygen atoms in total. The van der Waals surface area contributed by atoms with E-state index in [9.17, 15) is 0 Å². The van der Waals surface area contributed by atoms with Gasteiger partial charge in [0.25, 0.3) is 3.45 Å². The molecule has 0 spiro atoms. The molecule has 0 aromatic rings. The summed E-state index contributed by atoms with van der Waals surface area (Å²) in [5.41, 5.74) is 0. The Morgan fingerprint density at radius 3 is 1.33 bits per heavy atom. The van der Waals surface area contributed by atoms with Crippen LogP contribution in [0.4, 0.5) is 0 Å². The molecule has 0 fully saturated rings. The Balaban J connectivity index is 4.38. The Kier molecular flexibility index (Phi) is 7.24. The van der Waals surface area contributed by atoms with Crippen molar-refractivity contribution in [2.24, 2.45) is 0 Å². The smallest absolute Gasteiger partial charge is 0.126 e. The van der Waals surface area contributed by atoms with Gasteiger partial charge in [0.15, 0.2) is 6.21 Å². The summed E-state index contributed by atoms with van der Waals surface area (Å²) in [6.07, 6.45) is 1.30. The highest BCUT2D eigenvalue weighted by atomic mass is 80.0. The van der Waals surface area contributed by atoms with Gasteiger partial charge in [-0.25, -0.2) is 0 Å². The monoisotopic (exact) mass is 458 g/mol. The van der Waals surface area contributed by atoms with Gasteiger partial charge in [0.05, 0.1) is 0 Å². The quantitative estimate of drug-likeness (QED) is 0.382. The topological polar surface area (TPSA) is 0 Å². The lowest BCUT2D eigenvalue weighted by atomic mass is 10.6. The van der Waals surface area contributed by atoms with Gasteiger partial charge in [-0.1, -0.05) is 72.6 Å². The Hall–Kier alpha value is 2.35. The van der Waals surface area contributed by atoms with Crippen LogP contribution >= 0.6 is 61.2 Å². The molecule has 0 aliphatic carbocycles. The summed E-state index contributed by atoms with van der Waals surface area (Å²) in [5.74, 6) is 0. The molecule has 0 aliphatic heterocycles. The summed E-state index contributed by atoms with van der Waals surface area (Å²) < 4.78 is -1.46. The van der Waals surface area contributed by atoms with Crippen molar-refractivity contribution < 1.29 is 0 Å². The molecule has 0 aromatic carbocycles. The van der Waals surface area contributed by atoms with E-state index in [1.807, 2.05) is 0 Å². The third-order valence-corrected chi connectivity index (χ3v) is 52.5. The summed E-state index contributed by atoms with van der Waals surface area (Å²) in [6.45, 7) is 4.51. The van der Waals surface area contributed by atoms with Gasteiger partial charge in [-0.15, -0.1) is 15.3 Å². The van der Waals surface area contributed by atoms with Crippen molar-refractivity contribution in [1.82, 2.24) is 0 Å². The van der Waals surface area contributed by atoms with Crippen molar-refractivity contribution in [2.75, 3.05) is 0 Å². The van der Waals surface area contributed by atoms with Gasteiger partial charge < -0.3 is 0 Å². The first-order chi connectivity index (χ1) is 5.37. The lowest BCUT2D eigenvalue weighted by Crippen LogP contribution is -2.45. The summed E-state index contributed by atoms with van der Waals surface area (Å²) in [6, 6.07) is 2.68. The first-order valence-electron chi connectivity index (χ1n) is 4.13. The SMILES string of the molecule is CCC[Si](Br)(CCC)[Si](Br)(Br)Br. The van der Waals surface area contributed by atoms with E-state index >= 15 is 0 Å². The predicted molar refractivity (Wildman–Crippen MR) is 77.4 cm³/mol. The van der Waals surface area contributed by atoms with Gasteiger partial charge >= 0.3 is 0 Å². The van der Waals surface area contributed by atoms with Gasteiger partial charge in [0, 0.05) is 0 Å². The van der Waals surface area contributed by atoms with Crippen LogP contribution in [0, 0.1) is 0 Å². The van der Waals surface area contributed by atoms with Crippen molar-refractivity contribution in [3.63, 3.8) is 0 Å². The van der Waals surface area contributed by atoms with Gasteiger partial charge in [-0.05, 0) is 12.1 Å². The molecule has 0 unspecified atom stereocenters. The van der Waals surface area contributed by atoms with Crippen LogP contribution in [0.25, 0.3) is 0 Å². The van der Waals surface area contributed by atoms with E-state index in [-0.39, 0.29) is 0 Å². The van der Waals surface area contributed by atoms with Crippen LogP contribution < -0.4 is 0 Å². The normalized spacial score (nSPS) is 13.5. The Morgan fingerprint density at radius 1 is 0.833 bits per heavy atom. The van der Waals surface area contributed by atoms with E-state index in [1.54, 1.807) is 0 Å². The van der Waals surface area contributed by atoms with Crippen LogP contribution in [0.1, 0.15) is 26.7 Å². The molecule has 0 N–H and O–H groups in total. The lowest BCUT2D eigenvalue weighted by Gasteiger charge is -2.30. The Bertz CT molecular complexity index is 128. The second-order valence-corrected chi connectivity index (χ2v) is 45.6. The van der Waals surface area contributed by atoms with E-state index < -0.39 is 9.66 Å². The molecule has 0 saturated heterocycles. The van der Waals surface area contributed by atoms with Crippen LogP contribution in [0.15, 0.2) is 0 Å². The summed E-state index contributed by atoms with van der Waals surface area (Å²) in [7, 11) is 0. The molecular weight excluding hydrogens is 448 g/mol. The van der Waals surface area contributed by atoms with E-state index in [0.717, 1.165) is 0 Å². The number of rotatable bonds is 5. The summed E-state index contributed by atoms with van der Waals surface area (Å²) in [4.78, 5) is 0. The molecule has 6 heteroatoms. The molecule has 0 rings (SSSR count). The maximum atomic E-state index is 3.99. The fourth-order valence-corrected chi connectivity index (χ4v) is 19.9. The van der Waals surface area contributed by atoms with Gasteiger partial charge in [0.2, 0.25) is 0 Å². The van der Waals surface area contributed by atoms with Gasteiger partial charge in [-0.2, -0.15) is 0 Å². The van der Waals surface area contributed by atoms with Crippen LogP contribution in [-0.2, 0) is 0 Å². The van der Waals surface area contributed by atoms with Gasteiger partial charge in [-0.3, -0.25) is 0 Å². The zero-order valence-electron chi connectivity index (χ0n) is 7.34. The highest BCUT2D eigenvalue weighted by molar-refractivity contribution is 9.76. The highest BCUT2D eigenvalue weighted by Gasteiger charge is 2.48. The minimum absolute atomic E-state index is 1.25. The molecule has 0 atom stereocenters. The third kappa shape index (κ3) is 4.25. The van der Waals surface area contributed by atoms with E-state index in [2.05, 4.69) is 75.0 Å². The van der Waals surface area contributed by atoms with Crippen molar-refractivity contribution in [1.29, 1.82) is 0 Å². The van der Waals surface area contributed by atoms with Crippen molar-refractivity contribution in [3.8, 4) is 0 Å². The first-order valence-corrected chi connectivity index (χ1v) is 18.6. The minimum atomic E-state index is -1.46. The summed E-state index contributed by atoms with van der Waals surface area (Å²) >= 11 is 15.4. The lowest BCUT2D eigenvalue weighted by molar-refractivity contribution is 1.01. The summed E-state index contributed by atoms with van der Waals surface area (Å²) in [5, 5.41) is 0. The van der Waals surface area contributed by atoms with Crippen LogP contribution in [0.3, 0.4) is 0 Å². The van der Waals surface area contributed by atoms with E-state index in [1.165, 1.54) is 24.9 Å². The van der Waals surface area contributed by atoms with Crippen molar-refractivity contribution >= 4 is 70.8 Å². The van der Waals surface area contributed by atoms with E-state index in [4.69, 9.17) is 0 Å². The van der Waals surface area contributed by atoms with E-state index in [0.29, 0.717) is 0 Å². The minimum Gasteiger partial charge on any atom is -0.126 e. The standard InChI is InChI=1S/C6H14Br4Si2/c1-3-5-11(7,6-4-2)12(8,9)10/h3-6H2,1-2H3. The second kappa shape index (κ2) is 6.05. The fourth-order valence-electron chi connectivity index (χ4n) is 1.20. The number of halogens is 4. The zero-order valence-corrected chi connectivity index (χ0v) is 15.7. The molecule has 0 saturated carbocycles. The van der Waals surface area contributed by atoms with Crippen LogP contribution in [0.5, 0.6) is 0 Å². The molecule has 0 amide bonds. The zero-order chi connectivity index (χ0) is 9.83. The maximum absolute atomic E-state index is 3.99. The van der Waals surface area contributed by atoms with Crippen molar-refractivity contribution in [2.45, 2.75) is 38.8 Å². The molecule has 12 heavy (non-hydrogen) atoms. The third-order valence-electron chi connectivity index (χ3n) is 1.80. The van der Waals surface area contributed by atoms with Crippen LogP contribution in [-0.4, -0.2) is 9.66 Å². The molecule has 0 heterocycles. The molecule has 0 radical (unpaired) electrons. The molecule has 0 aliphatic rings. The maximum Gasteiger partial charge on any atom is 0.266 e. The van der Waals surface area contributed by atoms with Gasteiger partial charge in [0.1, 0.15) is 0 Å². The molecule has 0 aromatic heterocycles. The Morgan fingerprint density at radius 2 is 1.17 bits per heavy atom. The van der Waals surface area contributed by atoms with Crippen molar-refractivity contribution in [3.05, 3.63) is 0 Å². The highest BCUT2D eigenvalue weighted by Crippen LogP contribution is 2.46. The average molecular weight is 462 g/mol. The molecular formula is C6H14Br4Si2.